The van der Waals surface area contributed by atoms with Crippen molar-refractivity contribution in [2.24, 2.45) is 0 Å². The minimum absolute atomic E-state index is 0.186. The second-order valence-electron chi connectivity index (χ2n) is 6.55. The number of nitrogens with one attached hydrogen (secondary N) is 2. The standard InChI is InChI=1S/C20H18F3N3O5/c1-30-13-8-9-14(15(10-13)31-2)24-16(27)11-26-17(28)19(20(21,22)23,25-18(26)29)12-6-4-3-5-7-12/h3-10H,11H2,1-2H3,(H,24,27)(H,25,29). The lowest BCUT2D eigenvalue weighted by molar-refractivity contribution is -0.198. The van der Waals surface area contributed by atoms with E-state index in [0.29, 0.717) is 5.75 Å². The average Bonchev–Trinajstić information content (AvgIpc) is 3.00. The van der Waals surface area contributed by atoms with Gasteiger partial charge in [-0.25, -0.2) is 4.79 Å². The van der Waals surface area contributed by atoms with Crippen molar-refractivity contribution < 1.29 is 37.0 Å². The third-order valence-electron chi connectivity index (χ3n) is 4.72. The number of methoxy groups -OCH3 is 2. The fourth-order valence-electron chi connectivity index (χ4n) is 3.19. The molecule has 8 nitrogen and oxygen atoms in total. The lowest BCUT2D eigenvalue weighted by Crippen LogP contribution is -2.55. The Labute approximate surface area is 174 Å². The van der Waals surface area contributed by atoms with Gasteiger partial charge in [-0.15, -0.1) is 0 Å². The molecule has 0 aromatic heterocycles. The van der Waals surface area contributed by atoms with Crippen LogP contribution in [0.5, 0.6) is 11.5 Å². The van der Waals surface area contributed by atoms with Crippen LogP contribution in [-0.4, -0.2) is 49.7 Å². The van der Waals surface area contributed by atoms with Gasteiger partial charge >= 0.3 is 12.2 Å². The number of ether oxygens (including phenoxy) is 2. The number of hydrogen-bond acceptors (Lipinski definition) is 5. The van der Waals surface area contributed by atoms with Crippen LogP contribution in [0.2, 0.25) is 0 Å². The second-order valence-corrected chi connectivity index (χ2v) is 6.55. The Bertz CT molecular complexity index is 1010. The molecule has 1 heterocycles. The van der Waals surface area contributed by atoms with Crippen LogP contribution in [0.4, 0.5) is 23.7 Å². The second kappa shape index (κ2) is 8.17. The predicted octanol–water partition coefficient (Wildman–Crippen LogP) is 2.65. The van der Waals surface area contributed by atoms with Gasteiger partial charge in [0.25, 0.3) is 5.91 Å². The Hall–Kier alpha value is -3.76. The van der Waals surface area contributed by atoms with Gasteiger partial charge in [0, 0.05) is 6.07 Å². The molecular weight excluding hydrogens is 419 g/mol. The molecule has 1 unspecified atom stereocenters. The number of anilines is 1. The van der Waals surface area contributed by atoms with E-state index in [4.69, 9.17) is 9.47 Å². The van der Waals surface area contributed by atoms with Crippen molar-refractivity contribution in [3.63, 3.8) is 0 Å². The molecule has 1 aliphatic heterocycles. The summed E-state index contributed by atoms with van der Waals surface area (Å²) in [4.78, 5) is 37.7. The SMILES string of the molecule is COc1ccc(NC(=O)CN2C(=O)NC(c3ccccc3)(C(F)(F)F)C2=O)c(OC)c1. The minimum Gasteiger partial charge on any atom is -0.497 e. The van der Waals surface area contributed by atoms with Crippen molar-refractivity contribution in [2.75, 3.05) is 26.1 Å². The molecule has 164 valence electrons. The van der Waals surface area contributed by atoms with Crippen LogP contribution in [0.1, 0.15) is 5.56 Å². The van der Waals surface area contributed by atoms with Crippen LogP contribution in [-0.2, 0) is 15.1 Å². The Morgan fingerprint density at radius 3 is 2.35 bits per heavy atom. The number of nitrogens with zero attached hydrogens (tertiary/aromatic N) is 1. The van der Waals surface area contributed by atoms with Crippen LogP contribution in [0.15, 0.2) is 48.5 Å². The number of carbonyl (C=O) groups is 3. The van der Waals surface area contributed by atoms with E-state index in [1.807, 2.05) is 0 Å². The topological polar surface area (TPSA) is 97.0 Å². The molecule has 1 aliphatic rings. The quantitative estimate of drug-likeness (QED) is 0.678. The number of urea groups is 1. The number of benzene rings is 2. The number of carbonyl (C=O) groups excluding carboxylic acids is 3. The van der Waals surface area contributed by atoms with Crippen LogP contribution < -0.4 is 20.1 Å². The van der Waals surface area contributed by atoms with Gasteiger partial charge in [-0.3, -0.25) is 14.5 Å². The first-order valence-corrected chi connectivity index (χ1v) is 8.92. The van der Waals surface area contributed by atoms with Gasteiger partial charge in [0.1, 0.15) is 18.0 Å². The molecule has 2 aromatic carbocycles. The van der Waals surface area contributed by atoms with Crippen molar-refractivity contribution in [3.8, 4) is 11.5 Å². The molecule has 1 fully saturated rings. The first kappa shape index (κ1) is 21.9. The Morgan fingerprint density at radius 2 is 1.77 bits per heavy atom. The fourth-order valence-corrected chi connectivity index (χ4v) is 3.19. The lowest BCUT2D eigenvalue weighted by Gasteiger charge is -2.29. The number of hydrogen-bond donors (Lipinski definition) is 2. The Morgan fingerprint density at radius 1 is 1.10 bits per heavy atom. The first-order chi connectivity index (χ1) is 14.6. The summed E-state index contributed by atoms with van der Waals surface area (Å²) in [6.45, 7) is -0.926. The monoisotopic (exact) mass is 437 g/mol. The maximum atomic E-state index is 14.0. The minimum atomic E-state index is -5.13. The number of halogens is 3. The molecule has 0 bridgehead atoms. The van der Waals surface area contributed by atoms with Gasteiger partial charge in [-0.2, -0.15) is 13.2 Å². The van der Waals surface area contributed by atoms with Gasteiger partial charge in [0.2, 0.25) is 11.4 Å². The van der Waals surface area contributed by atoms with Crippen molar-refractivity contribution >= 4 is 23.5 Å². The molecule has 2 N–H and O–H groups in total. The van der Waals surface area contributed by atoms with Crippen LogP contribution in [0, 0.1) is 0 Å². The molecule has 4 amide bonds. The fraction of sp³-hybridized carbons (Fsp3) is 0.250. The van der Waals surface area contributed by atoms with Crippen molar-refractivity contribution in [1.82, 2.24) is 10.2 Å². The lowest BCUT2D eigenvalue weighted by atomic mass is 9.89. The predicted molar refractivity (Wildman–Crippen MR) is 103 cm³/mol. The van der Waals surface area contributed by atoms with Crippen molar-refractivity contribution in [3.05, 3.63) is 54.1 Å². The van der Waals surface area contributed by atoms with E-state index in [0.717, 1.165) is 12.1 Å². The summed E-state index contributed by atoms with van der Waals surface area (Å²) in [5, 5.41) is 4.13. The summed E-state index contributed by atoms with van der Waals surface area (Å²) in [5.41, 5.74) is -3.55. The molecule has 3 rings (SSSR count). The summed E-state index contributed by atoms with van der Waals surface area (Å²) in [6, 6.07) is 9.38. The molecular formula is C20H18F3N3O5. The Kier molecular flexibility index (Phi) is 5.78. The third-order valence-corrected chi connectivity index (χ3v) is 4.72. The highest BCUT2D eigenvalue weighted by molar-refractivity contribution is 6.11. The smallest absolute Gasteiger partial charge is 0.425 e. The molecule has 0 saturated carbocycles. The summed E-state index contributed by atoms with van der Waals surface area (Å²) >= 11 is 0. The Balaban J connectivity index is 1.85. The summed E-state index contributed by atoms with van der Waals surface area (Å²) in [6.07, 6.45) is -5.13. The molecule has 2 aromatic rings. The molecule has 0 radical (unpaired) electrons. The third kappa shape index (κ3) is 3.86. The van der Waals surface area contributed by atoms with Crippen LogP contribution in [0.3, 0.4) is 0 Å². The van der Waals surface area contributed by atoms with Gasteiger partial charge in [0.15, 0.2) is 0 Å². The first-order valence-electron chi connectivity index (χ1n) is 8.92. The number of rotatable bonds is 6. The molecule has 0 aliphatic carbocycles. The van der Waals surface area contributed by atoms with Crippen LogP contribution in [0.25, 0.3) is 0 Å². The van der Waals surface area contributed by atoms with E-state index in [9.17, 15) is 27.6 Å². The largest absolute Gasteiger partial charge is 0.497 e. The number of amides is 4. The normalized spacial score (nSPS) is 18.5. The number of alkyl halides is 3. The highest BCUT2D eigenvalue weighted by Crippen LogP contribution is 2.43. The van der Waals surface area contributed by atoms with Gasteiger partial charge < -0.3 is 20.1 Å². The van der Waals surface area contributed by atoms with Gasteiger partial charge in [-0.05, 0) is 17.7 Å². The average molecular weight is 437 g/mol. The zero-order chi connectivity index (χ0) is 22.8. The summed E-state index contributed by atoms with van der Waals surface area (Å²) < 4.78 is 52.1. The van der Waals surface area contributed by atoms with E-state index in [1.54, 1.807) is 5.32 Å². The zero-order valence-electron chi connectivity index (χ0n) is 16.4. The van der Waals surface area contributed by atoms with Crippen LogP contribution >= 0.6 is 0 Å². The highest BCUT2D eigenvalue weighted by Gasteiger charge is 2.68. The van der Waals surface area contributed by atoms with Crippen molar-refractivity contribution in [1.29, 1.82) is 0 Å². The highest BCUT2D eigenvalue weighted by atomic mass is 19.4. The summed E-state index contributed by atoms with van der Waals surface area (Å²) in [5.74, 6) is -1.81. The van der Waals surface area contributed by atoms with E-state index < -0.39 is 41.7 Å². The summed E-state index contributed by atoms with van der Waals surface area (Å²) in [7, 11) is 2.78. The van der Waals surface area contributed by atoms with E-state index in [2.05, 4.69) is 5.32 Å². The molecule has 0 spiro atoms. The maximum absolute atomic E-state index is 14.0. The maximum Gasteiger partial charge on any atom is 0.425 e. The van der Waals surface area contributed by atoms with E-state index in [-0.39, 0.29) is 16.3 Å². The number of imide groups is 1. The molecule has 1 atom stereocenters. The van der Waals surface area contributed by atoms with Gasteiger partial charge in [-0.1, -0.05) is 30.3 Å². The molecule has 11 heteroatoms. The van der Waals surface area contributed by atoms with Crippen molar-refractivity contribution in [2.45, 2.75) is 11.7 Å². The zero-order valence-corrected chi connectivity index (χ0v) is 16.4. The van der Waals surface area contributed by atoms with Gasteiger partial charge in [0.05, 0.1) is 19.9 Å². The van der Waals surface area contributed by atoms with E-state index in [1.165, 1.54) is 50.6 Å². The molecule has 1 saturated heterocycles. The van der Waals surface area contributed by atoms with E-state index >= 15 is 0 Å². The molecule has 31 heavy (non-hydrogen) atoms.